The zero-order valence-corrected chi connectivity index (χ0v) is 15.1. The number of thiazole rings is 1. The Morgan fingerprint density at radius 3 is 2.77 bits per heavy atom. The van der Waals surface area contributed by atoms with Crippen molar-refractivity contribution >= 4 is 11.3 Å². The van der Waals surface area contributed by atoms with E-state index in [9.17, 15) is 0 Å². The summed E-state index contributed by atoms with van der Waals surface area (Å²) in [6.07, 6.45) is 8.38. The molecule has 3 aromatic heterocycles. The summed E-state index contributed by atoms with van der Waals surface area (Å²) in [6.45, 7) is 2.82. The van der Waals surface area contributed by atoms with Crippen molar-refractivity contribution in [3.63, 3.8) is 0 Å². The van der Waals surface area contributed by atoms with Crippen molar-refractivity contribution in [3.8, 4) is 16.6 Å². The van der Waals surface area contributed by atoms with E-state index >= 15 is 0 Å². The van der Waals surface area contributed by atoms with Crippen molar-refractivity contribution in [2.45, 2.75) is 19.9 Å². The topological polar surface area (TPSA) is 70.3 Å². The minimum Gasteiger partial charge on any atom is -0.360 e. The molecule has 6 heteroatoms. The van der Waals surface area contributed by atoms with E-state index in [0.29, 0.717) is 12.0 Å². The van der Waals surface area contributed by atoms with Crippen LogP contribution in [0.5, 0.6) is 0 Å². The van der Waals surface area contributed by atoms with Gasteiger partial charge < -0.3 is 9.55 Å². The minimum absolute atomic E-state index is 0.675. The van der Waals surface area contributed by atoms with Gasteiger partial charge >= 0.3 is 0 Å². The van der Waals surface area contributed by atoms with Crippen molar-refractivity contribution in [3.05, 3.63) is 82.6 Å². The zero-order chi connectivity index (χ0) is 17.9. The summed E-state index contributed by atoms with van der Waals surface area (Å²) in [5, 5.41) is 9.95. The number of H-pyrrole nitrogens is 1. The number of imidazole rings is 1. The highest BCUT2D eigenvalue weighted by Gasteiger charge is 2.11. The molecule has 128 valence electrons. The van der Waals surface area contributed by atoms with Gasteiger partial charge in [0.05, 0.1) is 28.6 Å². The van der Waals surface area contributed by atoms with Gasteiger partial charge in [-0.15, -0.1) is 11.3 Å². The summed E-state index contributed by atoms with van der Waals surface area (Å²) in [4.78, 5) is 13.5. The van der Waals surface area contributed by atoms with Gasteiger partial charge in [-0.3, -0.25) is 0 Å². The molecule has 0 saturated carbocycles. The second-order valence-electron chi connectivity index (χ2n) is 6.11. The molecule has 5 nitrogen and oxygen atoms in total. The van der Waals surface area contributed by atoms with Crippen LogP contribution in [0, 0.1) is 18.3 Å². The Kier molecular flexibility index (Phi) is 4.38. The second kappa shape index (κ2) is 6.98. The Labute approximate surface area is 155 Å². The third-order valence-electron chi connectivity index (χ3n) is 4.30. The first kappa shape index (κ1) is 16.3. The number of hydrogen-bond donors (Lipinski definition) is 1. The molecule has 0 aliphatic carbocycles. The number of nitrogens with zero attached hydrogens (tertiary/aromatic N) is 4. The Morgan fingerprint density at radius 2 is 2.04 bits per heavy atom. The fourth-order valence-electron chi connectivity index (χ4n) is 2.89. The van der Waals surface area contributed by atoms with Crippen LogP contribution in [0.2, 0.25) is 0 Å². The molecule has 0 aliphatic heterocycles. The van der Waals surface area contributed by atoms with Gasteiger partial charge in [0, 0.05) is 31.3 Å². The van der Waals surface area contributed by atoms with Gasteiger partial charge in [-0.05, 0) is 36.2 Å². The van der Waals surface area contributed by atoms with E-state index < -0.39 is 0 Å². The first-order valence-electron chi connectivity index (χ1n) is 8.31. The van der Waals surface area contributed by atoms with Crippen molar-refractivity contribution in [1.82, 2.24) is 19.5 Å². The van der Waals surface area contributed by atoms with Gasteiger partial charge in [0.25, 0.3) is 0 Å². The van der Waals surface area contributed by atoms with Crippen LogP contribution in [0.1, 0.15) is 27.5 Å². The highest BCUT2D eigenvalue weighted by molar-refractivity contribution is 7.15. The molecule has 0 unspecified atom stereocenters. The summed E-state index contributed by atoms with van der Waals surface area (Å²) in [5.74, 6) is 0.985. The molecule has 0 radical (unpaired) electrons. The molecule has 3 heterocycles. The van der Waals surface area contributed by atoms with Gasteiger partial charge in [-0.2, -0.15) is 5.26 Å². The molecular weight excluding hydrogens is 342 g/mol. The highest BCUT2D eigenvalue weighted by atomic mass is 32.1. The Hall–Kier alpha value is -3.17. The van der Waals surface area contributed by atoms with Crippen molar-refractivity contribution in [2.24, 2.45) is 0 Å². The molecule has 0 fully saturated rings. The average molecular weight is 359 g/mol. The molecule has 0 amide bonds. The third kappa shape index (κ3) is 3.30. The Balaban J connectivity index is 1.51. The van der Waals surface area contributed by atoms with E-state index in [-0.39, 0.29) is 0 Å². The van der Waals surface area contributed by atoms with E-state index in [2.05, 4.69) is 38.6 Å². The van der Waals surface area contributed by atoms with E-state index in [1.165, 1.54) is 5.56 Å². The maximum atomic E-state index is 8.91. The van der Waals surface area contributed by atoms with Crippen LogP contribution in [0.4, 0.5) is 0 Å². The van der Waals surface area contributed by atoms with Crippen LogP contribution >= 0.6 is 11.3 Å². The number of nitrogens with one attached hydrogen (secondary N) is 1. The van der Waals surface area contributed by atoms with Crippen LogP contribution in [0.25, 0.3) is 10.6 Å². The lowest BCUT2D eigenvalue weighted by molar-refractivity contribution is 0.739. The predicted molar refractivity (Wildman–Crippen MR) is 102 cm³/mol. The fraction of sp³-hybridized carbons (Fsp3) is 0.150. The standard InChI is InChI=1S/C20H17N5S/c1-14-6-7-23-20(14)17-12-24-19(26-17)10-18-22-8-9-25(18)13-16-4-2-15(11-21)3-5-16/h2-9,12,23H,10,13H2,1H3. The van der Waals surface area contributed by atoms with Gasteiger partial charge in [-0.25, -0.2) is 9.97 Å². The molecule has 4 rings (SSSR count). The third-order valence-corrected chi connectivity index (χ3v) is 5.32. The van der Waals surface area contributed by atoms with E-state index in [1.54, 1.807) is 11.3 Å². The van der Waals surface area contributed by atoms with Crippen LogP contribution in [0.15, 0.2) is 55.1 Å². The first-order chi connectivity index (χ1) is 12.7. The predicted octanol–water partition coefficient (Wildman–Crippen LogP) is 4.15. The van der Waals surface area contributed by atoms with E-state index in [0.717, 1.165) is 33.5 Å². The SMILES string of the molecule is Cc1cc[nH]c1-c1cnc(Cc2nccn2Cc2ccc(C#N)cc2)s1. The van der Waals surface area contributed by atoms with Gasteiger partial charge in [0.1, 0.15) is 10.8 Å². The van der Waals surface area contributed by atoms with Crippen molar-refractivity contribution < 1.29 is 0 Å². The number of aromatic nitrogens is 4. The molecule has 4 aromatic rings. The van der Waals surface area contributed by atoms with Crippen molar-refractivity contribution in [2.75, 3.05) is 0 Å². The minimum atomic E-state index is 0.675. The summed E-state index contributed by atoms with van der Waals surface area (Å²) in [7, 11) is 0. The fourth-order valence-corrected chi connectivity index (χ4v) is 3.88. The zero-order valence-electron chi connectivity index (χ0n) is 14.3. The number of benzene rings is 1. The first-order valence-corrected chi connectivity index (χ1v) is 9.12. The number of nitriles is 1. The van der Waals surface area contributed by atoms with Crippen LogP contribution in [-0.4, -0.2) is 19.5 Å². The van der Waals surface area contributed by atoms with Gasteiger partial charge in [0.2, 0.25) is 0 Å². The van der Waals surface area contributed by atoms with Crippen LogP contribution in [-0.2, 0) is 13.0 Å². The monoisotopic (exact) mass is 359 g/mol. The summed E-state index contributed by atoms with van der Waals surface area (Å²) in [5.41, 5.74) is 4.18. The number of rotatable bonds is 5. The molecule has 1 N–H and O–H groups in total. The maximum Gasteiger partial charge on any atom is 0.115 e. The molecule has 0 aliphatic rings. The normalized spacial score (nSPS) is 10.8. The number of aromatic amines is 1. The number of hydrogen-bond acceptors (Lipinski definition) is 4. The maximum absolute atomic E-state index is 8.91. The summed E-state index contributed by atoms with van der Waals surface area (Å²) < 4.78 is 2.13. The second-order valence-corrected chi connectivity index (χ2v) is 7.23. The summed E-state index contributed by atoms with van der Waals surface area (Å²) >= 11 is 1.69. The molecule has 0 bridgehead atoms. The lowest BCUT2D eigenvalue weighted by Crippen LogP contribution is -2.05. The van der Waals surface area contributed by atoms with E-state index in [4.69, 9.17) is 5.26 Å². The van der Waals surface area contributed by atoms with Crippen LogP contribution < -0.4 is 0 Å². The Bertz CT molecular complexity index is 1060. The molecule has 1 aromatic carbocycles. The lowest BCUT2D eigenvalue weighted by Gasteiger charge is -2.07. The quantitative estimate of drug-likeness (QED) is 0.582. The molecule has 0 atom stereocenters. The highest BCUT2D eigenvalue weighted by Crippen LogP contribution is 2.28. The van der Waals surface area contributed by atoms with Crippen LogP contribution in [0.3, 0.4) is 0 Å². The largest absolute Gasteiger partial charge is 0.360 e. The molecular formula is C20H17N5S. The van der Waals surface area contributed by atoms with Gasteiger partial charge in [0.15, 0.2) is 0 Å². The molecule has 26 heavy (non-hydrogen) atoms. The smallest absolute Gasteiger partial charge is 0.115 e. The van der Waals surface area contributed by atoms with Crippen molar-refractivity contribution in [1.29, 1.82) is 5.26 Å². The van der Waals surface area contributed by atoms with Gasteiger partial charge in [-0.1, -0.05) is 12.1 Å². The van der Waals surface area contributed by atoms with E-state index in [1.807, 2.05) is 49.1 Å². The lowest BCUT2D eigenvalue weighted by atomic mass is 10.1. The average Bonchev–Trinajstić information content (AvgIpc) is 3.38. The molecule has 0 saturated heterocycles. The Morgan fingerprint density at radius 1 is 1.19 bits per heavy atom. The molecule has 0 spiro atoms. The number of aryl methyl sites for hydroxylation is 1. The summed E-state index contributed by atoms with van der Waals surface area (Å²) in [6, 6.07) is 11.9.